The molecule has 0 radical (unpaired) electrons. The lowest BCUT2D eigenvalue weighted by Crippen LogP contribution is -2.32. The Morgan fingerprint density at radius 2 is 1.83 bits per heavy atom. The van der Waals surface area contributed by atoms with Crippen LogP contribution in [-0.2, 0) is 9.59 Å². The summed E-state index contributed by atoms with van der Waals surface area (Å²) in [5.74, 6) is -2.51. The van der Waals surface area contributed by atoms with Crippen LogP contribution >= 0.6 is 0 Å². The van der Waals surface area contributed by atoms with Crippen LogP contribution in [0.5, 0.6) is 11.5 Å². The van der Waals surface area contributed by atoms with Crippen LogP contribution in [0.1, 0.15) is 29.3 Å². The first kappa shape index (κ1) is 21.4. The molecule has 0 aliphatic rings. The molecule has 2 rings (SSSR count). The number of hydrazone groups is 1. The summed E-state index contributed by atoms with van der Waals surface area (Å²) in [4.78, 5) is 34.8. The van der Waals surface area contributed by atoms with Gasteiger partial charge >= 0.3 is 11.8 Å². The Balaban J connectivity index is 1.92. The van der Waals surface area contributed by atoms with Gasteiger partial charge in [-0.2, -0.15) is 5.10 Å². The average molecular weight is 398 g/mol. The van der Waals surface area contributed by atoms with Gasteiger partial charge in [0.15, 0.2) is 0 Å². The zero-order valence-corrected chi connectivity index (χ0v) is 15.9. The quantitative estimate of drug-likeness (QED) is 0.387. The summed E-state index contributed by atoms with van der Waals surface area (Å²) in [5.41, 5.74) is 2.70. The van der Waals surface area contributed by atoms with Gasteiger partial charge in [-0.25, -0.2) is 5.43 Å². The van der Waals surface area contributed by atoms with Crippen molar-refractivity contribution in [1.29, 1.82) is 0 Å². The maximum absolute atomic E-state index is 11.9. The molecule has 29 heavy (non-hydrogen) atoms. The molecule has 0 saturated heterocycles. The molecule has 0 aliphatic heterocycles. The number of carbonyl (C=O) groups is 3. The number of rotatable bonds is 8. The molecule has 0 bridgehead atoms. The number of hydrogen-bond acceptors (Lipinski definition) is 7. The number of carbonyl (C=O) groups excluding carboxylic acids is 3. The van der Waals surface area contributed by atoms with E-state index in [4.69, 9.17) is 9.47 Å². The van der Waals surface area contributed by atoms with Crippen molar-refractivity contribution in [3.63, 3.8) is 0 Å². The van der Waals surface area contributed by atoms with Gasteiger partial charge in [0, 0.05) is 11.3 Å². The van der Waals surface area contributed by atoms with E-state index in [9.17, 15) is 19.5 Å². The van der Waals surface area contributed by atoms with E-state index in [1.165, 1.54) is 31.5 Å². The van der Waals surface area contributed by atoms with Crippen molar-refractivity contribution in [3.05, 3.63) is 53.6 Å². The molecule has 0 unspecified atom stereocenters. The highest BCUT2D eigenvalue weighted by Gasteiger charge is 2.13. The van der Waals surface area contributed by atoms with Gasteiger partial charge < -0.3 is 24.7 Å². The lowest BCUT2D eigenvalue weighted by molar-refractivity contribution is -0.255. The number of benzene rings is 2. The second kappa shape index (κ2) is 10.5. The number of ether oxygens (including phenoxy) is 2. The normalized spacial score (nSPS) is 10.4. The molecule has 9 nitrogen and oxygen atoms in total. The van der Waals surface area contributed by atoms with Crippen molar-refractivity contribution in [2.45, 2.75) is 13.3 Å². The lowest BCUT2D eigenvalue weighted by Gasteiger charge is -2.09. The van der Waals surface area contributed by atoms with Crippen LogP contribution in [0.15, 0.2) is 47.6 Å². The number of nitrogens with one attached hydrogen (secondary N) is 2. The SMILES string of the molecule is CCCOc1ccc(NC(=O)C(=O)N/N=C\c2ccc(OC)c(C(=O)[O-])c2)cc1. The fourth-order valence-electron chi connectivity index (χ4n) is 2.22. The second-order valence-corrected chi connectivity index (χ2v) is 5.77. The number of amides is 2. The highest BCUT2D eigenvalue weighted by molar-refractivity contribution is 6.39. The number of carboxylic acids is 1. The number of anilines is 1. The second-order valence-electron chi connectivity index (χ2n) is 5.77. The molecule has 0 aromatic heterocycles. The van der Waals surface area contributed by atoms with Gasteiger partial charge in [-0.15, -0.1) is 0 Å². The van der Waals surface area contributed by atoms with E-state index in [2.05, 4.69) is 15.8 Å². The summed E-state index contributed by atoms with van der Waals surface area (Å²) in [6, 6.07) is 10.8. The number of hydrogen-bond donors (Lipinski definition) is 2. The topological polar surface area (TPSA) is 129 Å². The fraction of sp³-hybridized carbons (Fsp3) is 0.200. The third-order valence-electron chi connectivity index (χ3n) is 3.61. The van der Waals surface area contributed by atoms with E-state index in [-0.39, 0.29) is 11.3 Å². The molecule has 2 amide bonds. The van der Waals surface area contributed by atoms with E-state index >= 15 is 0 Å². The summed E-state index contributed by atoms with van der Waals surface area (Å²) >= 11 is 0. The van der Waals surface area contributed by atoms with Crippen molar-refractivity contribution >= 4 is 29.7 Å². The first-order valence-corrected chi connectivity index (χ1v) is 8.71. The predicted molar refractivity (Wildman–Crippen MR) is 104 cm³/mol. The van der Waals surface area contributed by atoms with Gasteiger partial charge in [-0.3, -0.25) is 9.59 Å². The molecule has 9 heteroatoms. The van der Waals surface area contributed by atoms with Crippen molar-refractivity contribution in [1.82, 2.24) is 5.43 Å². The maximum atomic E-state index is 11.9. The number of nitrogens with zero attached hydrogens (tertiary/aromatic N) is 1. The Hall–Kier alpha value is -3.88. The summed E-state index contributed by atoms with van der Waals surface area (Å²) in [5, 5.41) is 17.2. The van der Waals surface area contributed by atoms with Crippen molar-refractivity contribution in [3.8, 4) is 11.5 Å². The first-order valence-electron chi connectivity index (χ1n) is 8.71. The van der Waals surface area contributed by atoms with Crippen LogP contribution in [0.3, 0.4) is 0 Å². The van der Waals surface area contributed by atoms with Gasteiger partial charge in [-0.1, -0.05) is 6.92 Å². The number of methoxy groups -OCH3 is 1. The molecular weight excluding hydrogens is 378 g/mol. The molecule has 0 spiro atoms. The monoisotopic (exact) mass is 398 g/mol. The average Bonchev–Trinajstić information content (AvgIpc) is 2.72. The van der Waals surface area contributed by atoms with Crippen molar-refractivity contribution in [2.24, 2.45) is 5.10 Å². The minimum Gasteiger partial charge on any atom is -0.545 e. The largest absolute Gasteiger partial charge is 0.545 e. The Kier molecular flexibility index (Phi) is 7.72. The zero-order chi connectivity index (χ0) is 21.2. The molecule has 0 heterocycles. The molecule has 152 valence electrons. The van der Waals surface area contributed by atoms with E-state index < -0.39 is 17.8 Å². The van der Waals surface area contributed by atoms with Crippen LogP contribution in [0.25, 0.3) is 0 Å². The highest BCUT2D eigenvalue weighted by atomic mass is 16.5. The van der Waals surface area contributed by atoms with E-state index in [0.29, 0.717) is 23.6 Å². The minimum absolute atomic E-state index is 0.136. The summed E-state index contributed by atoms with van der Waals surface area (Å²) in [6.45, 7) is 2.58. The minimum atomic E-state index is -1.41. The first-order chi connectivity index (χ1) is 13.9. The lowest BCUT2D eigenvalue weighted by atomic mass is 10.1. The molecule has 2 aromatic carbocycles. The smallest absolute Gasteiger partial charge is 0.329 e. The summed E-state index contributed by atoms with van der Waals surface area (Å²) < 4.78 is 10.4. The Morgan fingerprint density at radius 3 is 2.45 bits per heavy atom. The van der Waals surface area contributed by atoms with Crippen molar-refractivity contribution < 1.29 is 29.0 Å². The maximum Gasteiger partial charge on any atom is 0.329 e. The van der Waals surface area contributed by atoms with Crippen LogP contribution in [0.4, 0.5) is 5.69 Å². The number of aromatic carboxylic acids is 1. The zero-order valence-electron chi connectivity index (χ0n) is 15.9. The van der Waals surface area contributed by atoms with Crippen LogP contribution in [0, 0.1) is 0 Å². The van der Waals surface area contributed by atoms with Gasteiger partial charge in [-0.05, 0) is 54.4 Å². The van der Waals surface area contributed by atoms with Crippen molar-refractivity contribution in [2.75, 3.05) is 19.0 Å². The standard InChI is InChI=1S/C20H21N3O6/c1-3-10-29-15-7-5-14(6-8-15)22-18(24)19(25)23-21-12-13-4-9-17(28-2)16(11-13)20(26)27/h4-9,11-12H,3,10H2,1-2H3,(H,22,24)(H,23,25)(H,26,27)/p-1/b21-12-. The van der Waals surface area contributed by atoms with Crippen LogP contribution in [-0.4, -0.2) is 37.7 Å². The molecule has 0 fully saturated rings. The summed E-state index contributed by atoms with van der Waals surface area (Å²) in [7, 11) is 1.33. The fourth-order valence-corrected chi connectivity index (χ4v) is 2.22. The van der Waals surface area contributed by atoms with E-state index in [1.54, 1.807) is 24.3 Å². The van der Waals surface area contributed by atoms with E-state index in [1.807, 2.05) is 6.92 Å². The van der Waals surface area contributed by atoms with Gasteiger partial charge in [0.25, 0.3) is 0 Å². The van der Waals surface area contributed by atoms with Gasteiger partial charge in [0.05, 0.1) is 25.9 Å². The number of carboxylic acid groups (broad SMARTS) is 1. The Morgan fingerprint density at radius 1 is 1.10 bits per heavy atom. The Labute approximate surface area is 167 Å². The molecule has 0 aliphatic carbocycles. The van der Waals surface area contributed by atoms with Crippen LogP contribution in [0.2, 0.25) is 0 Å². The molecule has 0 saturated carbocycles. The van der Waals surface area contributed by atoms with Gasteiger partial charge in [0.2, 0.25) is 0 Å². The highest BCUT2D eigenvalue weighted by Crippen LogP contribution is 2.18. The summed E-state index contributed by atoms with van der Waals surface area (Å²) in [6.07, 6.45) is 2.07. The molecule has 2 N–H and O–H groups in total. The van der Waals surface area contributed by atoms with E-state index in [0.717, 1.165) is 6.42 Å². The van der Waals surface area contributed by atoms with Gasteiger partial charge in [0.1, 0.15) is 11.5 Å². The molecular formula is C20H20N3O6-. The Bertz CT molecular complexity index is 909. The van der Waals surface area contributed by atoms with Crippen LogP contribution < -0.4 is 25.3 Å². The molecule has 0 atom stereocenters. The third kappa shape index (κ3) is 6.35. The predicted octanol–water partition coefficient (Wildman–Crippen LogP) is 0.936. The third-order valence-corrected chi connectivity index (χ3v) is 3.61. The molecule has 2 aromatic rings.